The highest BCUT2D eigenvalue weighted by Gasteiger charge is 2.43. The second-order valence-electron chi connectivity index (χ2n) is 5.05. The molecule has 0 aliphatic carbocycles. The van der Waals surface area contributed by atoms with Crippen LogP contribution in [0.15, 0.2) is 24.3 Å². The normalized spacial score (nSPS) is 32.9. The third-order valence-electron chi connectivity index (χ3n) is 3.61. The summed E-state index contributed by atoms with van der Waals surface area (Å²) in [7, 11) is 3.03. The highest BCUT2D eigenvalue weighted by atomic mass is 16.7. The van der Waals surface area contributed by atoms with Gasteiger partial charge in [0.2, 0.25) is 0 Å². The van der Waals surface area contributed by atoms with E-state index in [4.69, 9.17) is 18.9 Å². The lowest BCUT2D eigenvalue weighted by Crippen LogP contribution is -2.57. The van der Waals surface area contributed by atoms with Gasteiger partial charge in [-0.05, 0) is 24.6 Å². The maximum Gasteiger partial charge on any atom is 0.186 e. The van der Waals surface area contributed by atoms with Crippen molar-refractivity contribution < 1.29 is 29.2 Å². The van der Waals surface area contributed by atoms with E-state index in [1.165, 1.54) is 7.11 Å². The molecule has 0 radical (unpaired) electrons. The zero-order valence-electron chi connectivity index (χ0n) is 12.4. The van der Waals surface area contributed by atoms with E-state index in [-0.39, 0.29) is 6.10 Å². The average Bonchev–Trinajstić information content (AvgIpc) is 2.51. The Morgan fingerprint density at radius 2 is 1.76 bits per heavy atom. The largest absolute Gasteiger partial charge is 0.497 e. The summed E-state index contributed by atoms with van der Waals surface area (Å²) in [6.07, 6.45) is -4.03. The molecule has 118 valence electrons. The van der Waals surface area contributed by atoms with Crippen LogP contribution in [0.4, 0.5) is 0 Å². The number of benzene rings is 1. The first-order valence-electron chi connectivity index (χ1n) is 6.85. The monoisotopic (exact) mass is 298 g/mol. The first kappa shape index (κ1) is 16.2. The molecule has 1 saturated heterocycles. The Morgan fingerprint density at radius 3 is 2.33 bits per heavy atom. The smallest absolute Gasteiger partial charge is 0.186 e. The van der Waals surface area contributed by atoms with E-state index in [1.807, 2.05) is 24.3 Å². The molecule has 0 saturated carbocycles. The molecule has 1 aliphatic heterocycles. The molecule has 5 atom stereocenters. The standard InChI is InChI=1S/C15H22O6/c1-9-14(12(16)13(17)15(19-3)21-9)20-8-10-4-6-11(18-2)7-5-10/h4-7,9,12-17H,8H2,1-3H3/t9-,12-,13+,14-,15+/m0/s1. The van der Waals surface area contributed by atoms with Gasteiger partial charge in [-0.15, -0.1) is 0 Å². The molecule has 0 amide bonds. The minimum atomic E-state index is -1.13. The molecule has 0 spiro atoms. The predicted molar refractivity (Wildman–Crippen MR) is 74.9 cm³/mol. The van der Waals surface area contributed by atoms with Gasteiger partial charge in [-0.3, -0.25) is 0 Å². The number of methoxy groups -OCH3 is 2. The van der Waals surface area contributed by atoms with Gasteiger partial charge < -0.3 is 29.2 Å². The van der Waals surface area contributed by atoms with Crippen LogP contribution in [0.3, 0.4) is 0 Å². The molecule has 2 N–H and O–H groups in total. The minimum Gasteiger partial charge on any atom is -0.497 e. The molecule has 2 rings (SSSR count). The summed E-state index contributed by atoms with van der Waals surface area (Å²) < 4.78 is 21.2. The fraction of sp³-hybridized carbons (Fsp3) is 0.600. The summed E-state index contributed by atoms with van der Waals surface area (Å²) in [6, 6.07) is 7.44. The summed E-state index contributed by atoms with van der Waals surface area (Å²) >= 11 is 0. The van der Waals surface area contributed by atoms with Crippen LogP contribution in [-0.4, -0.2) is 55.1 Å². The Kier molecular flexibility index (Phi) is 5.55. The number of aliphatic hydroxyl groups is 2. The van der Waals surface area contributed by atoms with E-state index in [0.717, 1.165) is 11.3 Å². The molecule has 6 nitrogen and oxygen atoms in total. The van der Waals surface area contributed by atoms with Crippen LogP contribution in [-0.2, 0) is 20.8 Å². The van der Waals surface area contributed by atoms with Crippen molar-refractivity contribution in [2.45, 2.75) is 44.2 Å². The van der Waals surface area contributed by atoms with Crippen molar-refractivity contribution in [1.82, 2.24) is 0 Å². The minimum absolute atomic E-state index is 0.309. The first-order valence-corrected chi connectivity index (χ1v) is 6.85. The second-order valence-corrected chi connectivity index (χ2v) is 5.05. The SMILES string of the molecule is COc1ccc(CO[C@@H]2[C@@H](O)[C@@H](O)[C@H](OC)O[C@H]2C)cc1. The van der Waals surface area contributed by atoms with E-state index in [1.54, 1.807) is 14.0 Å². The lowest BCUT2D eigenvalue weighted by atomic mass is 9.99. The zero-order chi connectivity index (χ0) is 15.4. The summed E-state index contributed by atoms with van der Waals surface area (Å²) in [5.74, 6) is 0.770. The summed E-state index contributed by atoms with van der Waals surface area (Å²) in [5, 5.41) is 20.0. The van der Waals surface area contributed by atoms with E-state index in [0.29, 0.717) is 6.61 Å². The van der Waals surface area contributed by atoms with Crippen LogP contribution < -0.4 is 4.74 Å². The summed E-state index contributed by atoms with van der Waals surface area (Å²) in [4.78, 5) is 0. The predicted octanol–water partition coefficient (Wildman–Crippen LogP) is 0.693. The van der Waals surface area contributed by atoms with Gasteiger partial charge in [0.1, 0.15) is 24.1 Å². The number of aliphatic hydroxyl groups excluding tert-OH is 2. The van der Waals surface area contributed by atoms with Crippen molar-refractivity contribution in [3.05, 3.63) is 29.8 Å². The van der Waals surface area contributed by atoms with E-state index >= 15 is 0 Å². The van der Waals surface area contributed by atoms with E-state index in [2.05, 4.69) is 0 Å². The van der Waals surface area contributed by atoms with Crippen molar-refractivity contribution in [3.63, 3.8) is 0 Å². The molecule has 0 bridgehead atoms. The Morgan fingerprint density at radius 1 is 1.10 bits per heavy atom. The molecule has 1 aromatic rings. The lowest BCUT2D eigenvalue weighted by molar-refractivity contribution is -0.294. The number of hydrogen-bond donors (Lipinski definition) is 2. The van der Waals surface area contributed by atoms with Crippen LogP contribution >= 0.6 is 0 Å². The van der Waals surface area contributed by atoms with Crippen LogP contribution in [0.5, 0.6) is 5.75 Å². The van der Waals surface area contributed by atoms with Crippen LogP contribution in [0.2, 0.25) is 0 Å². The van der Waals surface area contributed by atoms with Gasteiger partial charge in [0.05, 0.1) is 19.8 Å². The van der Waals surface area contributed by atoms with Crippen molar-refractivity contribution in [1.29, 1.82) is 0 Å². The Labute approximate surface area is 124 Å². The van der Waals surface area contributed by atoms with Gasteiger partial charge in [0, 0.05) is 7.11 Å². The Hall–Kier alpha value is -1.18. The number of hydrogen-bond acceptors (Lipinski definition) is 6. The zero-order valence-corrected chi connectivity index (χ0v) is 12.4. The van der Waals surface area contributed by atoms with Gasteiger partial charge in [-0.2, -0.15) is 0 Å². The molecular formula is C15H22O6. The highest BCUT2D eigenvalue weighted by Crippen LogP contribution is 2.24. The van der Waals surface area contributed by atoms with Gasteiger partial charge in [0.15, 0.2) is 6.29 Å². The van der Waals surface area contributed by atoms with Gasteiger partial charge in [-0.25, -0.2) is 0 Å². The molecule has 1 aliphatic rings. The van der Waals surface area contributed by atoms with Crippen molar-refractivity contribution in [2.75, 3.05) is 14.2 Å². The molecule has 1 fully saturated rings. The molecule has 21 heavy (non-hydrogen) atoms. The molecule has 6 heteroatoms. The van der Waals surface area contributed by atoms with Gasteiger partial charge >= 0.3 is 0 Å². The fourth-order valence-electron chi connectivity index (χ4n) is 2.35. The van der Waals surface area contributed by atoms with Gasteiger partial charge in [0.25, 0.3) is 0 Å². The first-order chi connectivity index (χ1) is 10.1. The van der Waals surface area contributed by atoms with Crippen LogP contribution in [0.25, 0.3) is 0 Å². The van der Waals surface area contributed by atoms with Crippen LogP contribution in [0.1, 0.15) is 12.5 Å². The third kappa shape index (κ3) is 3.72. The van der Waals surface area contributed by atoms with Crippen molar-refractivity contribution in [3.8, 4) is 5.75 Å². The number of ether oxygens (including phenoxy) is 4. The highest BCUT2D eigenvalue weighted by molar-refractivity contribution is 5.26. The fourth-order valence-corrected chi connectivity index (χ4v) is 2.35. The quantitative estimate of drug-likeness (QED) is 0.833. The molecule has 1 aromatic carbocycles. The van der Waals surface area contributed by atoms with E-state index in [9.17, 15) is 10.2 Å². The van der Waals surface area contributed by atoms with Crippen molar-refractivity contribution >= 4 is 0 Å². The molecule has 0 aromatic heterocycles. The Balaban J connectivity index is 1.95. The van der Waals surface area contributed by atoms with Crippen molar-refractivity contribution in [2.24, 2.45) is 0 Å². The number of rotatable bonds is 5. The van der Waals surface area contributed by atoms with Crippen LogP contribution in [0, 0.1) is 0 Å². The average molecular weight is 298 g/mol. The maximum absolute atomic E-state index is 10.1. The third-order valence-corrected chi connectivity index (χ3v) is 3.61. The molecular weight excluding hydrogens is 276 g/mol. The molecule has 1 heterocycles. The lowest BCUT2D eigenvalue weighted by Gasteiger charge is -2.40. The topological polar surface area (TPSA) is 77.4 Å². The summed E-state index contributed by atoms with van der Waals surface area (Å²) in [6.45, 7) is 2.09. The van der Waals surface area contributed by atoms with E-state index < -0.39 is 24.6 Å². The maximum atomic E-state index is 10.1. The second kappa shape index (κ2) is 7.20. The van der Waals surface area contributed by atoms with Gasteiger partial charge in [-0.1, -0.05) is 12.1 Å². The molecule has 0 unspecified atom stereocenters. The summed E-state index contributed by atoms with van der Waals surface area (Å²) in [5.41, 5.74) is 0.943. The Bertz CT molecular complexity index is 434.